The SMILES string of the molecule is O=C1CCC(N2C(=O)c3ccc(NC(=O)c4ccc5[nH]c(=O)sc5c4)cc3C2=O)C(=O)N1. The van der Waals surface area contributed by atoms with E-state index in [1.165, 1.54) is 18.2 Å². The van der Waals surface area contributed by atoms with Gasteiger partial charge >= 0.3 is 4.87 Å². The number of nitrogens with one attached hydrogen (secondary N) is 3. The van der Waals surface area contributed by atoms with Crippen molar-refractivity contribution in [3.8, 4) is 0 Å². The van der Waals surface area contributed by atoms with E-state index in [0.29, 0.717) is 21.5 Å². The Bertz CT molecular complexity index is 1420. The van der Waals surface area contributed by atoms with Crippen molar-refractivity contribution in [1.29, 1.82) is 0 Å². The molecule has 2 aromatic carbocycles. The first-order chi connectivity index (χ1) is 15.3. The molecule has 0 spiro atoms. The van der Waals surface area contributed by atoms with Crippen LogP contribution in [0.1, 0.15) is 43.9 Å². The van der Waals surface area contributed by atoms with Gasteiger partial charge in [0.2, 0.25) is 11.8 Å². The van der Waals surface area contributed by atoms with Gasteiger partial charge in [0.1, 0.15) is 6.04 Å². The number of amides is 5. The van der Waals surface area contributed by atoms with Crippen molar-refractivity contribution in [1.82, 2.24) is 15.2 Å². The van der Waals surface area contributed by atoms with Gasteiger partial charge in [0.15, 0.2) is 0 Å². The summed E-state index contributed by atoms with van der Waals surface area (Å²) in [6, 6.07) is 8.00. The van der Waals surface area contributed by atoms with E-state index in [9.17, 15) is 28.8 Å². The van der Waals surface area contributed by atoms with Gasteiger partial charge in [-0.1, -0.05) is 11.3 Å². The van der Waals surface area contributed by atoms with Crippen molar-refractivity contribution in [2.45, 2.75) is 18.9 Å². The highest BCUT2D eigenvalue weighted by molar-refractivity contribution is 7.16. The summed E-state index contributed by atoms with van der Waals surface area (Å²) >= 11 is 0.988. The number of nitrogens with zero attached hydrogens (tertiary/aromatic N) is 1. The number of carbonyl (C=O) groups excluding carboxylic acids is 5. The Labute approximate surface area is 183 Å². The van der Waals surface area contributed by atoms with Crippen molar-refractivity contribution in [3.63, 3.8) is 0 Å². The fourth-order valence-electron chi connectivity index (χ4n) is 3.84. The normalized spacial score (nSPS) is 18.1. The van der Waals surface area contributed by atoms with E-state index in [1.54, 1.807) is 18.2 Å². The van der Waals surface area contributed by atoms with Crippen LogP contribution in [0.25, 0.3) is 10.2 Å². The standard InChI is InChI=1S/C21H14N4O6S/c26-16-6-5-14(18(28)24-16)25-19(29)11-3-2-10(8-12(11)20(25)30)22-17(27)9-1-4-13-15(7-9)32-21(31)23-13/h1-4,7-8,14H,5-6H2,(H,22,27)(H,23,31)(H,24,26,28). The lowest BCUT2D eigenvalue weighted by Crippen LogP contribution is -2.54. The smallest absolute Gasteiger partial charge is 0.305 e. The van der Waals surface area contributed by atoms with E-state index in [-0.39, 0.29) is 28.8 Å². The van der Waals surface area contributed by atoms with Crippen LogP contribution >= 0.6 is 11.3 Å². The topological polar surface area (TPSA) is 146 Å². The summed E-state index contributed by atoms with van der Waals surface area (Å²) in [4.78, 5) is 76.6. The Balaban J connectivity index is 1.39. The Kier molecular flexibility index (Phi) is 4.48. The molecule has 0 radical (unpaired) electrons. The van der Waals surface area contributed by atoms with E-state index in [1.807, 2.05) is 0 Å². The highest BCUT2D eigenvalue weighted by Crippen LogP contribution is 2.29. The number of benzene rings is 2. The average molecular weight is 450 g/mol. The van der Waals surface area contributed by atoms with E-state index in [0.717, 1.165) is 16.2 Å². The van der Waals surface area contributed by atoms with Crippen LogP contribution in [0.2, 0.25) is 0 Å². The van der Waals surface area contributed by atoms with Crippen molar-refractivity contribution < 1.29 is 24.0 Å². The fraction of sp³-hybridized carbons (Fsp3) is 0.143. The minimum absolute atomic E-state index is 0.0330. The first-order valence-electron chi connectivity index (χ1n) is 9.61. The summed E-state index contributed by atoms with van der Waals surface area (Å²) in [5.41, 5.74) is 1.43. The number of hydrogen-bond acceptors (Lipinski definition) is 7. The molecule has 3 aromatic rings. The number of carbonyl (C=O) groups is 5. The third kappa shape index (κ3) is 3.19. The van der Waals surface area contributed by atoms with Crippen LogP contribution in [-0.4, -0.2) is 45.5 Å². The number of thiazole rings is 1. The summed E-state index contributed by atoms with van der Waals surface area (Å²) < 4.78 is 0.636. The maximum Gasteiger partial charge on any atom is 0.305 e. The maximum atomic E-state index is 12.9. The molecule has 1 unspecified atom stereocenters. The molecular formula is C21H14N4O6S. The third-order valence-electron chi connectivity index (χ3n) is 5.38. The molecule has 2 aliphatic rings. The predicted octanol–water partition coefficient (Wildman–Crippen LogP) is 1.24. The molecule has 2 aliphatic heterocycles. The molecule has 5 rings (SSSR count). The molecule has 0 aliphatic carbocycles. The second kappa shape index (κ2) is 7.24. The van der Waals surface area contributed by atoms with Crippen molar-refractivity contribution in [3.05, 3.63) is 62.8 Å². The number of H-pyrrole nitrogens is 1. The van der Waals surface area contributed by atoms with Crippen LogP contribution in [0.15, 0.2) is 41.2 Å². The van der Waals surface area contributed by atoms with Crippen LogP contribution in [0.5, 0.6) is 0 Å². The lowest BCUT2D eigenvalue weighted by atomic mass is 10.0. The number of piperidine rings is 1. The summed E-state index contributed by atoms with van der Waals surface area (Å²) in [5, 5.41) is 4.82. The molecule has 1 saturated heterocycles. The van der Waals surface area contributed by atoms with Crippen LogP contribution in [0.3, 0.4) is 0 Å². The first-order valence-corrected chi connectivity index (χ1v) is 10.4. The van der Waals surface area contributed by atoms with Gasteiger partial charge in [0.05, 0.1) is 21.3 Å². The monoisotopic (exact) mass is 450 g/mol. The summed E-state index contributed by atoms with van der Waals surface area (Å²) in [6.45, 7) is 0. The average Bonchev–Trinajstić information content (AvgIpc) is 3.24. The summed E-state index contributed by atoms with van der Waals surface area (Å²) in [5.74, 6) is -2.87. The molecule has 1 aromatic heterocycles. The third-order valence-corrected chi connectivity index (χ3v) is 6.23. The zero-order valence-electron chi connectivity index (χ0n) is 16.3. The first kappa shape index (κ1) is 19.8. The minimum Gasteiger partial charge on any atom is -0.322 e. The second-order valence-corrected chi connectivity index (χ2v) is 8.40. The van der Waals surface area contributed by atoms with Crippen LogP contribution in [0.4, 0.5) is 5.69 Å². The highest BCUT2D eigenvalue weighted by Gasteiger charge is 2.44. The number of anilines is 1. The van der Waals surface area contributed by atoms with Crippen molar-refractivity contribution in [2.75, 3.05) is 5.32 Å². The fourth-order valence-corrected chi connectivity index (χ4v) is 4.61. The molecule has 32 heavy (non-hydrogen) atoms. The van der Waals surface area contributed by atoms with Crippen LogP contribution in [-0.2, 0) is 9.59 Å². The van der Waals surface area contributed by atoms with Crippen LogP contribution in [0, 0.1) is 0 Å². The molecule has 1 atom stereocenters. The minimum atomic E-state index is -1.06. The van der Waals surface area contributed by atoms with Crippen LogP contribution < -0.4 is 15.5 Å². The number of imide groups is 2. The maximum absolute atomic E-state index is 12.9. The van der Waals surface area contributed by atoms with Gasteiger partial charge in [-0.05, 0) is 42.8 Å². The number of rotatable bonds is 3. The van der Waals surface area contributed by atoms with Crippen molar-refractivity contribution in [2.24, 2.45) is 0 Å². The number of fused-ring (bicyclic) bond motifs is 2. The second-order valence-electron chi connectivity index (χ2n) is 7.39. The molecule has 3 heterocycles. The van der Waals surface area contributed by atoms with E-state index < -0.39 is 35.6 Å². The zero-order valence-corrected chi connectivity index (χ0v) is 17.1. The zero-order chi connectivity index (χ0) is 22.6. The Morgan fingerprint density at radius 1 is 1.00 bits per heavy atom. The van der Waals surface area contributed by atoms with Gasteiger partial charge in [0, 0.05) is 17.7 Å². The molecule has 10 nitrogen and oxygen atoms in total. The molecule has 3 N–H and O–H groups in total. The number of aromatic nitrogens is 1. The summed E-state index contributed by atoms with van der Waals surface area (Å²) in [7, 11) is 0. The van der Waals surface area contributed by atoms with Gasteiger partial charge in [-0.3, -0.25) is 39.0 Å². The molecule has 160 valence electrons. The molecular weight excluding hydrogens is 436 g/mol. The Morgan fingerprint density at radius 3 is 2.56 bits per heavy atom. The predicted molar refractivity (Wildman–Crippen MR) is 114 cm³/mol. The van der Waals surface area contributed by atoms with Gasteiger partial charge in [-0.15, -0.1) is 0 Å². The van der Waals surface area contributed by atoms with E-state index in [4.69, 9.17) is 0 Å². The van der Waals surface area contributed by atoms with E-state index >= 15 is 0 Å². The van der Waals surface area contributed by atoms with Gasteiger partial charge in [-0.25, -0.2) is 0 Å². The Hall–Kier alpha value is -4.12. The number of aromatic amines is 1. The lowest BCUT2D eigenvalue weighted by molar-refractivity contribution is -0.136. The Morgan fingerprint density at radius 2 is 1.78 bits per heavy atom. The van der Waals surface area contributed by atoms with Gasteiger partial charge in [-0.2, -0.15) is 0 Å². The molecule has 11 heteroatoms. The lowest BCUT2D eigenvalue weighted by Gasteiger charge is -2.27. The largest absolute Gasteiger partial charge is 0.322 e. The summed E-state index contributed by atoms with van der Waals surface area (Å²) in [6.07, 6.45) is 0.0960. The highest BCUT2D eigenvalue weighted by atomic mass is 32.1. The molecule has 1 fully saturated rings. The number of hydrogen-bond donors (Lipinski definition) is 3. The quantitative estimate of drug-likeness (QED) is 0.512. The van der Waals surface area contributed by atoms with Crippen molar-refractivity contribution >= 4 is 56.8 Å². The van der Waals surface area contributed by atoms with Gasteiger partial charge in [0.25, 0.3) is 17.7 Å². The molecule has 5 amide bonds. The van der Waals surface area contributed by atoms with E-state index in [2.05, 4.69) is 15.6 Å². The van der Waals surface area contributed by atoms with Gasteiger partial charge < -0.3 is 10.3 Å². The molecule has 0 saturated carbocycles. The molecule has 0 bridgehead atoms.